The van der Waals surface area contributed by atoms with Gasteiger partial charge in [0, 0.05) is 25.2 Å². The van der Waals surface area contributed by atoms with Crippen LogP contribution in [0, 0.1) is 10.1 Å². The highest BCUT2D eigenvalue weighted by Gasteiger charge is 2.17. The predicted octanol–water partition coefficient (Wildman–Crippen LogP) is 1.81. The summed E-state index contributed by atoms with van der Waals surface area (Å²) in [5, 5.41) is 16.7. The first-order chi connectivity index (χ1) is 9.56. The van der Waals surface area contributed by atoms with Crippen molar-refractivity contribution in [1.82, 2.24) is 10.6 Å². The standard InChI is InChI=1S/C14H21N3O3/c1-3-7-15-8-9-16-14(18)11(2)12-5-4-6-13(10-12)17(19)20/h4-6,10-11,15H,3,7-9H2,1-2H3,(H,16,18). The summed E-state index contributed by atoms with van der Waals surface area (Å²) < 4.78 is 0. The van der Waals surface area contributed by atoms with Gasteiger partial charge in [-0.25, -0.2) is 0 Å². The molecule has 0 aliphatic rings. The number of carbonyl (C=O) groups excluding carboxylic acids is 1. The molecule has 0 spiro atoms. The van der Waals surface area contributed by atoms with E-state index in [9.17, 15) is 14.9 Å². The fourth-order valence-corrected chi connectivity index (χ4v) is 1.79. The summed E-state index contributed by atoms with van der Waals surface area (Å²) in [4.78, 5) is 22.2. The summed E-state index contributed by atoms with van der Waals surface area (Å²) in [5.41, 5.74) is 0.657. The Bertz CT molecular complexity index is 463. The molecule has 0 aromatic heterocycles. The quantitative estimate of drug-likeness (QED) is 0.432. The Balaban J connectivity index is 2.51. The highest BCUT2D eigenvalue weighted by molar-refractivity contribution is 5.83. The van der Waals surface area contributed by atoms with Gasteiger partial charge in [0.25, 0.3) is 5.69 Å². The van der Waals surface area contributed by atoms with Gasteiger partial charge in [-0.05, 0) is 25.5 Å². The van der Waals surface area contributed by atoms with E-state index >= 15 is 0 Å². The van der Waals surface area contributed by atoms with E-state index in [2.05, 4.69) is 17.6 Å². The summed E-state index contributed by atoms with van der Waals surface area (Å²) in [7, 11) is 0. The number of nitrogens with one attached hydrogen (secondary N) is 2. The molecule has 110 valence electrons. The SMILES string of the molecule is CCCNCCNC(=O)C(C)c1cccc([N+](=O)[O-])c1. The zero-order valence-corrected chi connectivity index (χ0v) is 11.9. The third-order valence-electron chi connectivity index (χ3n) is 3.00. The lowest BCUT2D eigenvalue weighted by atomic mass is 10.00. The number of nitro groups is 1. The van der Waals surface area contributed by atoms with Crippen LogP contribution in [0.3, 0.4) is 0 Å². The van der Waals surface area contributed by atoms with Crippen molar-refractivity contribution in [3.63, 3.8) is 0 Å². The zero-order valence-electron chi connectivity index (χ0n) is 11.9. The van der Waals surface area contributed by atoms with E-state index in [4.69, 9.17) is 0 Å². The molecule has 1 aromatic carbocycles. The third-order valence-corrected chi connectivity index (χ3v) is 3.00. The molecule has 1 atom stereocenters. The highest BCUT2D eigenvalue weighted by atomic mass is 16.6. The van der Waals surface area contributed by atoms with Crippen molar-refractivity contribution < 1.29 is 9.72 Å². The molecular formula is C14H21N3O3. The van der Waals surface area contributed by atoms with E-state index in [0.29, 0.717) is 12.1 Å². The molecular weight excluding hydrogens is 258 g/mol. The van der Waals surface area contributed by atoms with Crippen LogP contribution >= 0.6 is 0 Å². The van der Waals surface area contributed by atoms with E-state index < -0.39 is 10.8 Å². The number of non-ortho nitro benzene ring substituents is 1. The molecule has 0 fully saturated rings. The maximum atomic E-state index is 11.9. The van der Waals surface area contributed by atoms with E-state index in [1.807, 2.05) is 0 Å². The average molecular weight is 279 g/mol. The van der Waals surface area contributed by atoms with Crippen LogP contribution in [-0.2, 0) is 4.79 Å². The van der Waals surface area contributed by atoms with Crippen LogP contribution < -0.4 is 10.6 Å². The van der Waals surface area contributed by atoms with Gasteiger partial charge in [0.15, 0.2) is 0 Å². The van der Waals surface area contributed by atoms with Crippen molar-refractivity contribution in [2.24, 2.45) is 0 Å². The normalized spacial score (nSPS) is 11.9. The Kier molecular flexibility index (Phi) is 6.66. The van der Waals surface area contributed by atoms with E-state index in [1.54, 1.807) is 19.1 Å². The zero-order chi connectivity index (χ0) is 15.0. The average Bonchev–Trinajstić information content (AvgIpc) is 2.46. The van der Waals surface area contributed by atoms with Gasteiger partial charge < -0.3 is 10.6 Å². The van der Waals surface area contributed by atoms with Crippen molar-refractivity contribution in [1.29, 1.82) is 0 Å². The van der Waals surface area contributed by atoms with Gasteiger partial charge in [0.2, 0.25) is 5.91 Å². The molecule has 0 radical (unpaired) electrons. The molecule has 0 heterocycles. The molecule has 0 saturated carbocycles. The molecule has 0 aliphatic carbocycles. The molecule has 1 aromatic rings. The van der Waals surface area contributed by atoms with Crippen molar-refractivity contribution >= 4 is 11.6 Å². The van der Waals surface area contributed by atoms with Crippen LogP contribution in [0.15, 0.2) is 24.3 Å². The number of rotatable bonds is 8. The number of nitro benzene ring substituents is 1. The molecule has 6 heteroatoms. The monoisotopic (exact) mass is 279 g/mol. The number of hydrogen-bond donors (Lipinski definition) is 2. The lowest BCUT2D eigenvalue weighted by Crippen LogP contribution is -2.34. The topological polar surface area (TPSA) is 84.3 Å². The largest absolute Gasteiger partial charge is 0.354 e. The number of amides is 1. The summed E-state index contributed by atoms with van der Waals surface area (Å²) >= 11 is 0. The predicted molar refractivity (Wildman–Crippen MR) is 77.7 cm³/mol. The summed E-state index contributed by atoms with van der Waals surface area (Å²) in [5.74, 6) is -0.523. The van der Waals surface area contributed by atoms with Crippen molar-refractivity contribution in [2.75, 3.05) is 19.6 Å². The first-order valence-corrected chi connectivity index (χ1v) is 6.79. The molecule has 6 nitrogen and oxygen atoms in total. The van der Waals surface area contributed by atoms with Crippen LogP contribution in [0.4, 0.5) is 5.69 Å². The molecule has 0 bridgehead atoms. The third kappa shape index (κ3) is 4.97. The van der Waals surface area contributed by atoms with Gasteiger partial charge >= 0.3 is 0 Å². The molecule has 0 aliphatic heterocycles. The minimum Gasteiger partial charge on any atom is -0.354 e. The van der Waals surface area contributed by atoms with Gasteiger partial charge in [0.1, 0.15) is 0 Å². The second-order valence-corrected chi connectivity index (χ2v) is 4.61. The number of carbonyl (C=O) groups is 1. The van der Waals surface area contributed by atoms with Crippen LogP contribution in [0.25, 0.3) is 0 Å². The Labute approximate surface area is 118 Å². The Morgan fingerprint density at radius 3 is 2.75 bits per heavy atom. The first kappa shape index (κ1) is 16.1. The Morgan fingerprint density at radius 1 is 1.35 bits per heavy atom. The molecule has 1 rings (SSSR count). The lowest BCUT2D eigenvalue weighted by molar-refractivity contribution is -0.384. The van der Waals surface area contributed by atoms with Crippen LogP contribution in [0.5, 0.6) is 0 Å². The second-order valence-electron chi connectivity index (χ2n) is 4.61. The number of nitrogens with zero attached hydrogens (tertiary/aromatic N) is 1. The Morgan fingerprint density at radius 2 is 2.10 bits per heavy atom. The minimum absolute atomic E-state index is 0.00626. The van der Waals surface area contributed by atoms with E-state index in [-0.39, 0.29) is 11.6 Å². The fraction of sp³-hybridized carbons (Fsp3) is 0.500. The molecule has 1 unspecified atom stereocenters. The molecule has 2 N–H and O–H groups in total. The van der Waals surface area contributed by atoms with Gasteiger partial charge in [-0.1, -0.05) is 19.1 Å². The Hall–Kier alpha value is -1.95. The molecule has 20 heavy (non-hydrogen) atoms. The van der Waals surface area contributed by atoms with Gasteiger partial charge in [-0.3, -0.25) is 14.9 Å². The lowest BCUT2D eigenvalue weighted by Gasteiger charge is -2.12. The van der Waals surface area contributed by atoms with E-state index in [1.165, 1.54) is 12.1 Å². The summed E-state index contributed by atoms with van der Waals surface area (Å²) in [6.45, 7) is 6.03. The molecule has 1 amide bonds. The fourth-order valence-electron chi connectivity index (χ4n) is 1.79. The second kappa shape index (κ2) is 8.27. The highest BCUT2D eigenvalue weighted by Crippen LogP contribution is 2.20. The first-order valence-electron chi connectivity index (χ1n) is 6.79. The van der Waals surface area contributed by atoms with Crippen molar-refractivity contribution in [2.45, 2.75) is 26.2 Å². The van der Waals surface area contributed by atoms with Gasteiger partial charge in [-0.2, -0.15) is 0 Å². The summed E-state index contributed by atoms with van der Waals surface area (Å²) in [6, 6.07) is 6.19. The van der Waals surface area contributed by atoms with Crippen LogP contribution in [0.2, 0.25) is 0 Å². The minimum atomic E-state index is -0.456. The summed E-state index contributed by atoms with van der Waals surface area (Å²) in [6.07, 6.45) is 1.05. The van der Waals surface area contributed by atoms with Crippen molar-refractivity contribution in [3.05, 3.63) is 39.9 Å². The number of hydrogen-bond acceptors (Lipinski definition) is 4. The van der Waals surface area contributed by atoms with Crippen LogP contribution in [-0.4, -0.2) is 30.5 Å². The maximum absolute atomic E-state index is 11.9. The van der Waals surface area contributed by atoms with Gasteiger partial charge in [0.05, 0.1) is 10.8 Å². The van der Waals surface area contributed by atoms with Crippen LogP contribution in [0.1, 0.15) is 31.7 Å². The number of benzene rings is 1. The smallest absolute Gasteiger partial charge is 0.269 e. The van der Waals surface area contributed by atoms with Crippen molar-refractivity contribution in [3.8, 4) is 0 Å². The van der Waals surface area contributed by atoms with E-state index in [0.717, 1.165) is 19.5 Å². The van der Waals surface area contributed by atoms with Gasteiger partial charge in [-0.15, -0.1) is 0 Å². The molecule has 0 saturated heterocycles. The maximum Gasteiger partial charge on any atom is 0.269 e.